The first-order valence-electron chi connectivity index (χ1n) is 3.40. The smallest absolute Gasteiger partial charge is 0.334 e. The second-order valence-corrected chi connectivity index (χ2v) is 2.36. The molecule has 66 valence electrons. The van der Waals surface area contributed by atoms with Crippen molar-refractivity contribution in [3.8, 4) is 0 Å². The lowest BCUT2D eigenvalue weighted by Gasteiger charge is -1.93. The maximum absolute atomic E-state index is 11.1. The highest BCUT2D eigenvalue weighted by Crippen LogP contribution is 2.10. The first-order valence-corrected chi connectivity index (χ1v) is 3.40. The van der Waals surface area contributed by atoms with Crippen LogP contribution in [-0.4, -0.2) is 25.9 Å². The van der Waals surface area contributed by atoms with Crippen LogP contribution in [0.2, 0.25) is 0 Å². The number of imidazole rings is 1. The van der Waals surface area contributed by atoms with E-state index in [1.54, 1.807) is 0 Å². The number of nitrogens with one attached hydrogen (secondary N) is 1. The minimum absolute atomic E-state index is 0.0930. The number of aromatic amines is 1. The van der Waals surface area contributed by atoms with Crippen LogP contribution in [-0.2, 0) is 4.79 Å². The van der Waals surface area contributed by atoms with Gasteiger partial charge in [-0.05, 0) is 0 Å². The van der Waals surface area contributed by atoms with Gasteiger partial charge in [0.2, 0.25) is 6.41 Å². The molecule has 0 atom stereocenters. The molecule has 2 rings (SSSR count). The third-order valence-corrected chi connectivity index (χ3v) is 1.64. The van der Waals surface area contributed by atoms with E-state index in [1.165, 1.54) is 6.33 Å². The molecule has 0 radical (unpaired) electrons. The maximum Gasteiger partial charge on any atom is 0.334 e. The summed E-state index contributed by atoms with van der Waals surface area (Å²) in [6.07, 6.45) is 1.57. The second kappa shape index (κ2) is 2.41. The zero-order chi connectivity index (χ0) is 9.42. The number of fused-ring (bicyclic) bond motifs is 1. The molecule has 7 heteroatoms. The Morgan fingerprint density at radius 1 is 1.54 bits per heavy atom. The molecule has 3 N–H and O–H groups in total. The van der Waals surface area contributed by atoms with E-state index in [9.17, 15) is 9.59 Å². The lowest BCUT2D eigenvalue weighted by Crippen LogP contribution is -2.16. The summed E-state index contributed by atoms with van der Waals surface area (Å²) in [5.74, 6) is 0.0930. The van der Waals surface area contributed by atoms with Crippen molar-refractivity contribution in [3.05, 3.63) is 16.8 Å². The van der Waals surface area contributed by atoms with Gasteiger partial charge in [0.25, 0.3) is 0 Å². The van der Waals surface area contributed by atoms with E-state index in [0.29, 0.717) is 6.41 Å². The molecule has 13 heavy (non-hydrogen) atoms. The van der Waals surface area contributed by atoms with Crippen molar-refractivity contribution in [1.82, 2.24) is 19.5 Å². The highest BCUT2D eigenvalue weighted by molar-refractivity contribution is 5.86. The maximum atomic E-state index is 11.1. The fraction of sp³-hybridized carbons (Fsp3) is 0. The summed E-state index contributed by atoms with van der Waals surface area (Å²) in [4.78, 5) is 31.3. The van der Waals surface area contributed by atoms with Crippen molar-refractivity contribution in [2.24, 2.45) is 0 Å². The van der Waals surface area contributed by atoms with Crippen molar-refractivity contribution >= 4 is 23.4 Å². The largest absolute Gasteiger partial charge is 0.382 e. The average Bonchev–Trinajstić information content (AvgIpc) is 2.42. The van der Waals surface area contributed by atoms with E-state index in [-0.39, 0.29) is 17.0 Å². The molecule has 2 aromatic heterocycles. The minimum atomic E-state index is -0.572. The standard InChI is InChI=1S/C6H5N5O2/c7-4-3-5(9-1-8-4)10-6(13)11(3)2-12/h1-2H,(H3,7,8,9,10,13). The molecule has 0 fully saturated rings. The van der Waals surface area contributed by atoms with E-state index in [2.05, 4.69) is 15.0 Å². The van der Waals surface area contributed by atoms with E-state index >= 15 is 0 Å². The van der Waals surface area contributed by atoms with Crippen LogP contribution in [0.15, 0.2) is 11.1 Å². The van der Waals surface area contributed by atoms with Crippen LogP contribution in [0, 0.1) is 0 Å². The zero-order valence-corrected chi connectivity index (χ0v) is 6.39. The van der Waals surface area contributed by atoms with Crippen molar-refractivity contribution in [3.63, 3.8) is 0 Å². The number of nitrogens with two attached hydrogens (primary N) is 1. The van der Waals surface area contributed by atoms with Gasteiger partial charge in [-0.2, -0.15) is 0 Å². The number of anilines is 1. The Balaban J connectivity index is 3.05. The van der Waals surface area contributed by atoms with Crippen molar-refractivity contribution < 1.29 is 4.79 Å². The van der Waals surface area contributed by atoms with Crippen LogP contribution in [0.4, 0.5) is 5.82 Å². The molecule has 7 nitrogen and oxygen atoms in total. The minimum Gasteiger partial charge on any atom is -0.382 e. The van der Waals surface area contributed by atoms with Crippen molar-refractivity contribution in [1.29, 1.82) is 0 Å². The third kappa shape index (κ3) is 0.901. The summed E-state index contributed by atoms with van der Waals surface area (Å²) in [5, 5.41) is 0. The summed E-state index contributed by atoms with van der Waals surface area (Å²) >= 11 is 0. The topological polar surface area (TPSA) is 107 Å². The molecular weight excluding hydrogens is 174 g/mol. The Labute approximate surface area is 71.2 Å². The fourth-order valence-corrected chi connectivity index (χ4v) is 1.09. The van der Waals surface area contributed by atoms with Gasteiger partial charge in [0, 0.05) is 0 Å². The molecule has 2 heterocycles. The van der Waals surface area contributed by atoms with Gasteiger partial charge in [-0.15, -0.1) is 0 Å². The molecule has 0 aromatic carbocycles. The van der Waals surface area contributed by atoms with Crippen LogP contribution < -0.4 is 11.4 Å². The van der Waals surface area contributed by atoms with Crippen LogP contribution in [0.5, 0.6) is 0 Å². The van der Waals surface area contributed by atoms with E-state index in [1.807, 2.05) is 0 Å². The monoisotopic (exact) mass is 179 g/mol. The Morgan fingerprint density at radius 3 is 3.00 bits per heavy atom. The van der Waals surface area contributed by atoms with Gasteiger partial charge in [0.1, 0.15) is 11.8 Å². The SMILES string of the molecule is Nc1ncnc2[nH]c(=O)n(C=O)c12. The summed E-state index contributed by atoms with van der Waals surface area (Å²) < 4.78 is 0.824. The van der Waals surface area contributed by atoms with Crippen LogP contribution in [0.3, 0.4) is 0 Å². The average molecular weight is 179 g/mol. The number of nitrogen functional groups attached to an aromatic ring is 1. The van der Waals surface area contributed by atoms with E-state index < -0.39 is 5.69 Å². The van der Waals surface area contributed by atoms with Crippen molar-refractivity contribution in [2.45, 2.75) is 0 Å². The number of carbonyl (C=O) groups excluding carboxylic acids is 1. The summed E-state index contributed by atoms with van der Waals surface area (Å²) in [6.45, 7) is 0. The number of H-pyrrole nitrogens is 1. The highest BCUT2D eigenvalue weighted by atomic mass is 16.2. The Kier molecular flexibility index (Phi) is 1.38. The quantitative estimate of drug-likeness (QED) is 0.531. The van der Waals surface area contributed by atoms with Gasteiger partial charge in [-0.3, -0.25) is 9.78 Å². The summed E-state index contributed by atoms with van der Waals surface area (Å²) in [5.41, 5.74) is 5.35. The lowest BCUT2D eigenvalue weighted by atomic mass is 10.5. The number of aromatic nitrogens is 4. The molecular formula is C6H5N5O2. The molecule has 0 bridgehead atoms. The predicted octanol–water partition coefficient (Wildman–Crippen LogP) is -1.26. The second-order valence-electron chi connectivity index (χ2n) is 2.36. The van der Waals surface area contributed by atoms with Crippen molar-refractivity contribution in [2.75, 3.05) is 5.73 Å². The zero-order valence-electron chi connectivity index (χ0n) is 6.39. The van der Waals surface area contributed by atoms with Gasteiger partial charge in [0.15, 0.2) is 11.5 Å². The molecule has 0 spiro atoms. The molecule has 0 aliphatic heterocycles. The molecule has 0 saturated carbocycles. The van der Waals surface area contributed by atoms with Gasteiger partial charge in [0.05, 0.1) is 0 Å². The van der Waals surface area contributed by atoms with Gasteiger partial charge in [-0.25, -0.2) is 19.3 Å². The van der Waals surface area contributed by atoms with Gasteiger partial charge in [-0.1, -0.05) is 0 Å². The van der Waals surface area contributed by atoms with Crippen LogP contribution in [0.25, 0.3) is 11.2 Å². The first kappa shape index (κ1) is 7.47. The van der Waals surface area contributed by atoms with Gasteiger partial charge < -0.3 is 5.73 Å². The van der Waals surface area contributed by atoms with Gasteiger partial charge >= 0.3 is 5.69 Å². The molecule has 0 unspecified atom stereocenters. The normalized spacial score (nSPS) is 10.5. The third-order valence-electron chi connectivity index (χ3n) is 1.64. The number of carbonyl (C=O) groups is 1. The number of rotatable bonds is 1. The summed E-state index contributed by atoms with van der Waals surface area (Å²) in [6, 6.07) is 0. The van der Waals surface area contributed by atoms with E-state index in [0.717, 1.165) is 4.57 Å². The number of nitrogens with zero attached hydrogens (tertiary/aromatic N) is 3. The Bertz CT molecular complexity index is 525. The number of hydrogen-bond donors (Lipinski definition) is 2. The van der Waals surface area contributed by atoms with Crippen LogP contribution in [0.1, 0.15) is 0 Å². The Hall–Kier alpha value is -2.18. The molecule has 0 aliphatic carbocycles. The molecule has 0 aliphatic rings. The predicted molar refractivity (Wildman–Crippen MR) is 44.7 cm³/mol. The summed E-state index contributed by atoms with van der Waals surface area (Å²) in [7, 11) is 0. The molecule has 0 amide bonds. The molecule has 0 saturated heterocycles. The molecule has 2 aromatic rings. The lowest BCUT2D eigenvalue weighted by molar-refractivity contribution is 0.547. The number of hydrogen-bond acceptors (Lipinski definition) is 5. The fourth-order valence-electron chi connectivity index (χ4n) is 1.09. The highest BCUT2D eigenvalue weighted by Gasteiger charge is 2.09. The van der Waals surface area contributed by atoms with Crippen LogP contribution >= 0.6 is 0 Å². The Morgan fingerprint density at radius 2 is 2.31 bits per heavy atom. The van der Waals surface area contributed by atoms with E-state index in [4.69, 9.17) is 5.73 Å². The first-order chi connectivity index (χ1) is 6.24.